The van der Waals surface area contributed by atoms with Crippen LogP contribution >= 0.6 is 11.6 Å². The number of nitrogens with zero attached hydrogens (tertiary/aromatic N) is 5. The Bertz CT molecular complexity index is 1400. The van der Waals surface area contributed by atoms with Crippen LogP contribution in [0.4, 0.5) is 15.0 Å². The third-order valence-corrected chi connectivity index (χ3v) is 8.19. The van der Waals surface area contributed by atoms with Gasteiger partial charge in [0.05, 0.1) is 11.6 Å². The lowest BCUT2D eigenvalue weighted by Gasteiger charge is -2.34. The van der Waals surface area contributed by atoms with Crippen molar-refractivity contribution in [2.45, 2.75) is 31.7 Å². The molecular formula is C31H31ClFN5O3. The Kier molecular flexibility index (Phi) is 8.70. The number of piperidine rings is 1. The number of hydrogen-bond donors (Lipinski definition) is 0. The molecule has 212 valence electrons. The maximum absolute atomic E-state index is 13.8. The Morgan fingerprint density at radius 1 is 1.07 bits per heavy atom. The van der Waals surface area contributed by atoms with E-state index in [1.165, 1.54) is 24.3 Å². The highest BCUT2D eigenvalue weighted by Crippen LogP contribution is 2.35. The van der Waals surface area contributed by atoms with Gasteiger partial charge in [0.2, 0.25) is 5.91 Å². The zero-order valence-electron chi connectivity index (χ0n) is 22.7. The monoisotopic (exact) mass is 575 g/mol. The van der Waals surface area contributed by atoms with Crippen molar-refractivity contribution in [1.29, 1.82) is 5.26 Å². The summed E-state index contributed by atoms with van der Waals surface area (Å²) in [6.07, 6.45) is 2.41. The van der Waals surface area contributed by atoms with Crippen molar-refractivity contribution < 1.29 is 18.7 Å². The van der Waals surface area contributed by atoms with Crippen LogP contribution in [0.3, 0.4) is 0 Å². The number of aromatic nitrogens is 1. The number of pyridine rings is 1. The molecule has 10 heteroatoms. The Labute approximate surface area is 243 Å². The lowest BCUT2D eigenvalue weighted by atomic mass is 9.93. The Morgan fingerprint density at radius 2 is 1.78 bits per heavy atom. The fourth-order valence-electron chi connectivity index (χ4n) is 5.73. The van der Waals surface area contributed by atoms with Gasteiger partial charge >= 0.3 is 6.09 Å². The molecule has 0 saturated carbocycles. The summed E-state index contributed by atoms with van der Waals surface area (Å²) in [5, 5.41) is 9.64. The van der Waals surface area contributed by atoms with E-state index < -0.39 is 11.9 Å². The van der Waals surface area contributed by atoms with Crippen molar-refractivity contribution >= 4 is 29.4 Å². The summed E-state index contributed by atoms with van der Waals surface area (Å²) in [6, 6.07) is 18.2. The molecule has 1 aromatic heterocycles. The van der Waals surface area contributed by atoms with Crippen LogP contribution in [0.5, 0.6) is 5.75 Å². The van der Waals surface area contributed by atoms with Gasteiger partial charge in [-0.25, -0.2) is 14.2 Å². The normalized spacial score (nSPS) is 19.1. The van der Waals surface area contributed by atoms with E-state index in [1.807, 2.05) is 42.2 Å². The molecule has 2 fully saturated rings. The number of carbonyl (C=O) groups excluding carboxylic acids is 2. The van der Waals surface area contributed by atoms with E-state index >= 15 is 0 Å². The van der Waals surface area contributed by atoms with Crippen LogP contribution in [0.1, 0.15) is 36.8 Å². The second-order valence-electron chi connectivity index (χ2n) is 10.4. The van der Waals surface area contributed by atoms with E-state index in [-0.39, 0.29) is 29.5 Å². The van der Waals surface area contributed by atoms with Gasteiger partial charge in [0, 0.05) is 55.8 Å². The molecule has 3 heterocycles. The summed E-state index contributed by atoms with van der Waals surface area (Å²) >= 11 is 6.15. The average Bonchev–Trinajstić information content (AvgIpc) is 3.44. The fourth-order valence-corrected chi connectivity index (χ4v) is 5.86. The topological polar surface area (TPSA) is 89.8 Å². The van der Waals surface area contributed by atoms with Gasteiger partial charge in [0.25, 0.3) is 0 Å². The van der Waals surface area contributed by atoms with E-state index in [0.29, 0.717) is 56.2 Å². The van der Waals surface area contributed by atoms with Crippen LogP contribution in [-0.2, 0) is 4.79 Å². The summed E-state index contributed by atoms with van der Waals surface area (Å²) in [5.74, 6) is 0.477. The lowest BCUT2D eigenvalue weighted by Crippen LogP contribution is -2.47. The third-order valence-electron chi connectivity index (χ3n) is 7.94. The summed E-state index contributed by atoms with van der Waals surface area (Å²) in [7, 11) is 0. The van der Waals surface area contributed by atoms with Gasteiger partial charge in [0.15, 0.2) is 0 Å². The molecule has 2 saturated heterocycles. The number of hydrogen-bond acceptors (Lipinski definition) is 6. The lowest BCUT2D eigenvalue weighted by molar-refractivity contribution is -0.135. The highest BCUT2D eigenvalue weighted by molar-refractivity contribution is 6.30. The number of amides is 2. The van der Waals surface area contributed by atoms with Crippen LogP contribution in [0.15, 0.2) is 66.9 Å². The van der Waals surface area contributed by atoms with Crippen molar-refractivity contribution in [3.63, 3.8) is 0 Å². The largest absolute Gasteiger partial charge is 0.415 e. The first-order valence-electron chi connectivity index (χ1n) is 13.8. The molecule has 0 spiro atoms. The third kappa shape index (κ3) is 6.44. The van der Waals surface area contributed by atoms with Gasteiger partial charge in [0.1, 0.15) is 23.5 Å². The first-order chi connectivity index (χ1) is 19.9. The summed E-state index contributed by atoms with van der Waals surface area (Å²) in [6.45, 7) is 4.50. The van der Waals surface area contributed by atoms with Gasteiger partial charge in [-0.2, -0.15) is 5.26 Å². The molecule has 8 nitrogen and oxygen atoms in total. The zero-order chi connectivity index (χ0) is 28.9. The van der Waals surface area contributed by atoms with E-state index in [1.54, 1.807) is 17.2 Å². The van der Waals surface area contributed by atoms with Gasteiger partial charge < -0.3 is 19.4 Å². The van der Waals surface area contributed by atoms with Crippen molar-refractivity contribution in [3.8, 4) is 11.8 Å². The maximum Gasteiger partial charge on any atom is 0.415 e. The highest BCUT2D eigenvalue weighted by Gasteiger charge is 2.43. The minimum absolute atomic E-state index is 0.0851. The molecular weight excluding hydrogens is 545 g/mol. The minimum Gasteiger partial charge on any atom is -0.410 e. The number of carbonyl (C=O) groups is 2. The number of anilines is 1. The van der Waals surface area contributed by atoms with Gasteiger partial charge in [-0.15, -0.1) is 0 Å². The van der Waals surface area contributed by atoms with Gasteiger partial charge in [-0.1, -0.05) is 23.7 Å². The van der Waals surface area contributed by atoms with E-state index in [0.717, 1.165) is 11.4 Å². The molecule has 3 aromatic rings. The molecule has 2 amide bonds. The fraction of sp³-hybridized carbons (Fsp3) is 0.355. The molecule has 41 heavy (non-hydrogen) atoms. The van der Waals surface area contributed by atoms with Crippen LogP contribution in [0.25, 0.3) is 0 Å². The molecule has 0 N–H and O–H groups in total. The summed E-state index contributed by atoms with van der Waals surface area (Å²) < 4.78 is 18.9. The number of benzene rings is 2. The Morgan fingerprint density at radius 3 is 2.39 bits per heavy atom. The van der Waals surface area contributed by atoms with Crippen LogP contribution in [0.2, 0.25) is 5.02 Å². The average molecular weight is 576 g/mol. The number of rotatable bonds is 6. The smallest absolute Gasteiger partial charge is 0.410 e. The van der Waals surface area contributed by atoms with Crippen LogP contribution in [0, 0.1) is 23.1 Å². The van der Waals surface area contributed by atoms with E-state index in [2.05, 4.69) is 16.0 Å². The molecule has 5 rings (SSSR count). The van der Waals surface area contributed by atoms with Crippen LogP contribution < -0.4 is 9.64 Å². The summed E-state index contributed by atoms with van der Waals surface area (Å²) in [5.41, 5.74) is 1.50. The Hall–Kier alpha value is -4.16. The maximum atomic E-state index is 13.8. The highest BCUT2D eigenvalue weighted by atomic mass is 35.5. The van der Waals surface area contributed by atoms with Crippen molar-refractivity contribution in [1.82, 2.24) is 14.8 Å². The van der Waals surface area contributed by atoms with Gasteiger partial charge in [-0.3, -0.25) is 4.79 Å². The molecule has 1 unspecified atom stereocenters. The number of nitriles is 1. The molecule has 2 atom stereocenters. The predicted molar refractivity (Wildman–Crippen MR) is 153 cm³/mol. The molecule has 2 aromatic carbocycles. The second kappa shape index (κ2) is 12.6. The van der Waals surface area contributed by atoms with E-state index in [4.69, 9.17) is 21.6 Å². The minimum atomic E-state index is -0.541. The number of likely N-dealkylation sites (N-methyl/N-ethyl adjacent to an activating group) is 1. The molecule has 2 aliphatic heterocycles. The van der Waals surface area contributed by atoms with Crippen molar-refractivity contribution in [2.24, 2.45) is 5.92 Å². The molecule has 2 aliphatic rings. The quantitative estimate of drug-likeness (QED) is 0.387. The molecule has 0 aliphatic carbocycles. The molecule has 0 radical (unpaired) electrons. The summed E-state index contributed by atoms with van der Waals surface area (Å²) in [4.78, 5) is 37.1. The first kappa shape index (κ1) is 28.4. The van der Waals surface area contributed by atoms with E-state index in [9.17, 15) is 14.0 Å². The second-order valence-corrected chi connectivity index (χ2v) is 10.8. The number of halogens is 2. The molecule has 0 bridgehead atoms. The van der Waals surface area contributed by atoms with Crippen molar-refractivity contribution in [2.75, 3.05) is 37.6 Å². The number of likely N-dealkylation sites (tertiary alicyclic amines) is 1. The van der Waals surface area contributed by atoms with Crippen LogP contribution in [-0.4, -0.2) is 65.5 Å². The SMILES string of the molecule is CCN(C(=O)Oc1ccc(F)cc1)C1CN(C(=O)C2CCN(c3ccc(C#N)cn3)CC2)C[C@@H]1c1ccc(Cl)cc1. The number of ether oxygens (including phenoxy) is 1. The zero-order valence-corrected chi connectivity index (χ0v) is 23.5. The Balaban J connectivity index is 1.30. The first-order valence-corrected chi connectivity index (χ1v) is 14.1. The standard InChI is InChI=1S/C31H31ClFN5O3/c1-2-38(31(40)41-26-10-8-25(33)9-11-26)28-20-37(19-27(28)22-4-6-24(32)7-5-22)30(39)23-13-15-36(16-14-23)29-12-3-21(17-34)18-35-29/h3-12,18,23,27-28H,2,13-16,19-20H2,1H3/t27-,28?/m1/s1. The van der Waals surface area contributed by atoms with Crippen molar-refractivity contribution in [3.05, 3.63) is 88.8 Å². The van der Waals surface area contributed by atoms with Gasteiger partial charge in [-0.05, 0) is 73.9 Å². The predicted octanol–water partition coefficient (Wildman–Crippen LogP) is 5.48.